The van der Waals surface area contributed by atoms with Crippen LogP contribution in [0.25, 0.3) is 0 Å². The minimum absolute atomic E-state index is 0.339. The summed E-state index contributed by atoms with van der Waals surface area (Å²) in [6, 6.07) is 4.73. The summed E-state index contributed by atoms with van der Waals surface area (Å²) in [4.78, 5) is 0.767. The Hall–Kier alpha value is -1.63. The minimum atomic E-state index is -0.339. The van der Waals surface area contributed by atoms with Gasteiger partial charge in [-0.05, 0) is 53.2 Å². The molecule has 1 aliphatic rings. The summed E-state index contributed by atoms with van der Waals surface area (Å²) < 4.78 is 14.7. The molecular formula is C10H10FN5S. The lowest BCUT2D eigenvalue weighted by Crippen LogP contribution is -1.99. The van der Waals surface area contributed by atoms with Crippen molar-refractivity contribution in [2.45, 2.75) is 28.9 Å². The zero-order valence-corrected chi connectivity index (χ0v) is 9.69. The molecule has 0 spiro atoms. The van der Waals surface area contributed by atoms with Crippen LogP contribution in [0, 0.1) is 5.82 Å². The summed E-state index contributed by atoms with van der Waals surface area (Å²) in [6.07, 6.45) is 2.22. The molecule has 1 fully saturated rings. The molecule has 0 radical (unpaired) electrons. The highest BCUT2D eigenvalue weighted by Crippen LogP contribution is 2.39. The van der Waals surface area contributed by atoms with Gasteiger partial charge < -0.3 is 5.73 Å². The summed E-state index contributed by atoms with van der Waals surface area (Å²) in [7, 11) is 0. The van der Waals surface area contributed by atoms with Gasteiger partial charge in [0.15, 0.2) is 0 Å². The summed E-state index contributed by atoms with van der Waals surface area (Å²) in [5.41, 5.74) is 6.14. The van der Waals surface area contributed by atoms with E-state index >= 15 is 0 Å². The zero-order valence-electron chi connectivity index (χ0n) is 8.88. The van der Waals surface area contributed by atoms with E-state index in [0.29, 0.717) is 16.9 Å². The van der Waals surface area contributed by atoms with Crippen molar-refractivity contribution in [2.75, 3.05) is 5.73 Å². The maximum Gasteiger partial charge on any atom is 0.214 e. The van der Waals surface area contributed by atoms with Crippen molar-refractivity contribution >= 4 is 17.4 Å². The molecule has 2 N–H and O–H groups in total. The molecule has 0 aliphatic heterocycles. The van der Waals surface area contributed by atoms with Gasteiger partial charge in [0, 0.05) is 10.6 Å². The maximum atomic E-state index is 12.9. The predicted molar refractivity (Wildman–Crippen MR) is 61.0 cm³/mol. The number of rotatable bonds is 3. The van der Waals surface area contributed by atoms with Crippen molar-refractivity contribution in [1.82, 2.24) is 20.2 Å². The number of hydrogen-bond donors (Lipinski definition) is 1. The van der Waals surface area contributed by atoms with Gasteiger partial charge in [0.05, 0.1) is 6.04 Å². The highest BCUT2D eigenvalue weighted by Gasteiger charge is 2.28. The molecule has 1 aromatic carbocycles. The smallest absolute Gasteiger partial charge is 0.214 e. The third-order valence-corrected chi connectivity index (χ3v) is 3.57. The zero-order chi connectivity index (χ0) is 11.8. The Labute approximate surface area is 101 Å². The SMILES string of the molecule is Nc1cc(F)ccc1Sc1nnnn1C1CC1. The Balaban J connectivity index is 1.88. The molecule has 0 bridgehead atoms. The molecule has 2 aromatic rings. The molecule has 3 rings (SSSR count). The third kappa shape index (κ3) is 2.10. The molecule has 1 saturated carbocycles. The molecule has 1 heterocycles. The number of aromatic nitrogens is 4. The number of halogens is 1. The third-order valence-electron chi connectivity index (χ3n) is 2.53. The van der Waals surface area contributed by atoms with E-state index in [2.05, 4.69) is 15.5 Å². The van der Waals surface area contributed by atoms with E-state index in [-0.39, 0.29) is 5.82 Å². The van der Waals surface area contributed by atoms with Gasteiger partial charge in [-0.15, -0.1) is 5.10 Å². The molecule has 7 heteroatoms. The number of benzene rings is 1. The number of anilines is 1. The van der Waals surface area contributed by atoms with Gasteiger partial charge in [0.2, 0.25) is 5.16 Å². The Bertz CT molecular complexity index is 551. The van der Waals surface area contributed by atoms with Crippen LogP contribution in [0.3, 0.4) is 0 Å². The van der Waals surface area contributed by atoms with E-state index in [1.165, 1.54) is 23.9 Å². The Morgan fingerprint density at radius 1 is 1.41 bits per heavy atom. The molecule has 0 unspecified atom stereocenters. The van der Waals surface area contributed by atoms with Crippen LogP contribution in [0.4, 0.5) is 10.1 Å². The van der Waals surface area contributed by atoms with Crippen LogP contribution in [-0.2, 0) is 0 Å². The lowest BCUT2D eigenvalue weighted by molar-refractivity contribution is 0.565. The first kappa shape index (κ1) is 10.5. The molecule has 5 nitrogen and oxygen atoms in total. The van der Waals surface area contributed by atoms with Crippen molar-refractivity contribution in [1.29, 1.82) is 0 Å². The number of nitrogen functional groups attached to an aromatic ring is 1. The maximum absolute atomic E-state index is 12.9. The lowest BCUT2D eigenvalue weighted by atomic mass is 10.3. The van der Waals surface area contributed by atoms with Crippen molar-refractivity contribution < 1.29 is 4.39 Å². The predicted octanol–water partition coefficient (Wildman–Crippen LogP) is 1.88. The molecule has 1 aliphatic carbocycles. The van der Waals surface area contributed by atoms with Gasteiger partial charge in [-0.1, -0.05) is 0 Å². The van der Waals surface area contributed by atoms with E-state index in [0.717, 1.165) is 17.7 Å². The van der Waals surface area contributed by atoms with E-state index in [9.17, 15) is 4.39 Å². The van der Waals surface area contributed by atoms with Crippen LogP contribution in [-0.4, -0.2) is 20.2 Å². The van der Waals surface area contributed by atoms with Gasteiger partial charge in [0.1, 0.15) is 5.82 Å². The molecule has 0 amide bonds. The average molecular weight is 251 g/mol. The number of tetrazole rings is 1. The van der Waals surface area contributed by atoms with Crippen LogP contribution in [0.15, 0.2) is 28.3 Å². The first-order chi connectivity index (χ1) is 8.24. The van der Waals surface area contributed by atoms with Gasteiger partial charge in [-0.3, -0.25) is 0 Å². The van der Waals surface area contributed by atoms with E-state index in [1.807, 2.05) is 0 Å². The van der Waals surface area contributed by atoms with E-state index in [4.69, 9.17) is 5.73 Å². The summed E-state index contributed by atoms with van der Waals surface area (Å²) >= 11 is 1.36. The second-order valence-electron chi connectivity index (χ2n) is 3.92. The van der Waals surface area contributed by atoms with Crippen molar-refractivity contribution in [3.8, 4) is 0 Å². The molecule has 0 saturated heterocycles. The second kappa shape index (κ2) is 3.99. The Kier molecular flexibility index (Phi) is 2.47. The highest BCUT2D eigenvalue weighted by atomic mass is 32.2. The van der Waals surface area contributed by atoms with Gasteiger partial charge in [-0.2, -0.15) is 0 Å². The summed E-state index contributed by atoms with van der Waals surface area (Å²) in [6.45, 7) is 0. The van der Waals surface area contributed by atoms with Crippen LogP contribution < -0.4 is 5.73 Å². The monoisotopic (exact) mass is 251 g/mol. The Morgan fingerprint density at radius 3 is 2.94 bits per heavy atom. The van der Waals surface area contributed by atoms with Crippen LogP contribution in [0.2, 0.25) is 0 Å². The number of hydrogen-bond acceptors (Lipinski definition) is 5. The lowest BCUT2D eigenvalue weighted by Gasteiger charge is -2.05. The standard InChI is InChI=1S/C10H10FN5S/c11-6-1-4-9(8(12)5-6)17-10-13-14-15-16(10)7-2-3-7/h1,4-5,7H,2-3,12H2. The number of nitrogens with two attached hydrogens (primary N) is 1. The van der Waals surface area contributed by atoms with Gasteiger partial charge >= 0.3 is 0 Å². The van der Waals surface area contributed by atoms with Crippen LogP contribution in [0.5, 0.6) is 0 Å². The topological polar surface area (TPSA) is 69.6 Å². The molecule has 17 heavy (non-hydrogen) atoms. The quantitative estimate of drug-likeness (QED) is 0.843. The van der Waals surface area contributed by atoms with Gasteiger partial charge in [-0.25, -0.2) is 9.07 Å². The fourth-order valence-electron chi connectivity index (χ4n) is 1.51. The fraction of sp³-hybridized carbons (Fsp3) is 0.300. The molecule has 88 valence electrons. The van der Waals surface area contributed by atoms with Crippen LogP contribution >= 0.6 is 11.8 Å². The number of nitrogens with zero attached hydrogens (tertiary/aromatic N) is 4. The summed E-state index contributed by atoms with van der Waals surface area (Å²) in [5.74, 6) is -0.339. The molecule has 0 atom stereocenters. The normalized spacial score (nSPS) is 15.1. The fourth-order valence-corrected chi connectivity index (χ4v) is 2.38. The van der Waals surface area contributed by atoms with E-state index < -0.39 is 0 Å². The average Bonchev–Trinajstić information content (AvgIpc) is 3.03. The van der Waals surface area contributed by atoms with Gasteiger partial charge in [0.25, 0.3) is 0 Å². The highest BCUT2D eigenvalue weighted by molar-refractivity contribution is 7.99. The van der Waals surface area contributed by atoms with Crippen molar-refractivity contribution in [3.05, 3.63) is 24.0 Å². The Morgan fingerprint density at radius 2 is 2.24 bits per heavy atom. The molecule has 1 aromatic heterocycles. The van der Waals surface area contributed by atoms with Crippen molar-refractivity contribution in [3.63, 3.8) is 0 Å². The second-order valence-corrected chi connectivity index (χ2v) is 4.93. The summed E-state index contributed by atoms with van der Waals surface area (Å²) in [5, 5.41) is 12.2. The first-order valence-corrected chi connectivity index (χ1v) is 6.06. The van der Waals surface area contributed by atoms with Crippen molar-refractivity contribution in [2.24, 2.45) is 0 Å². The first-order valence-electron chi connectivity index (χ1n) is 5.25. The minimum Gasteiger partial charge on any atom is -0.398 e. The van der Waals surface area contributed by atoms with E-state index in [1.54, 1.807) is 10.7 Å². The molecular weight excluding hydrogens is 241 g/mol. The largest absolute Gasteiger partial charge is 0.398 e. The van der Waals surface area contributed by atoms with Crippen LogP contribution in [0.1, 0.15) is 18.9 Å².